The van der Waals surface area contributed by atoms with Crippen LogP contribution in [0.15, 0.2) is 30.5 Å². The van der Waals surface area contributed by atoms with Crippen LogP contribution in [0.4, 0.5) is 4.39 Å². The number of likely N-dealkylation sites (tertiary alicyclic amines) is 1. The Balaban J connectivity index is 1.40. The van der Waals surface area contributed by atoms with Crippen molar-refractivity contribution >= 4 is 16.9 Å². The molecule has 1 aromatic carbocycles. The zero-order valence-electron chi connectivity index (χ0n) is 19.0. The number of benzene rings is 1. The monoisotopic (exact) mass is 442 g/mol. The highest BCUT2D eigenvalue weighted by Crippen LogP contribution is 2.37. The van der Waals surface area contributed by atoms with Gasteiger partial charge in [0.1, 0.15) is 11.9 Å². The molecule has 1 aromatic heterocycles. The maximum atomic E-state index is 15.4. The van der Waals surface area contributed by atoms with Gasteiger partial charge in [-0.25, -0.2) is 4.39 Å². The van der Waals surface area contributed by atoms with E-state index in [9.17, 15) is 9.90 Å². The van der Waals surface area contributed by atoms with Crippen molar-refractivity contribution in [3.05, 3.63) is 36.0 Å². The number of nitrogens with zero attached hydrogens (tertiary/aromatic N) is 2. The average molecular weight is 443 g/mol. The molecule has 2 fully saturated rings. The van der Waals surface area contributed by atoms with E-state index in [1.807, 2.05) is 18.2 Å². The normalized spacial score (nSPS) is 23.1. The second kappa shape index (κ2) is 10.6. The summed E-state index contributed by atoms with van der Waals surface area (Å²) >= 11 is 0. The van der Waals surface area contributed by atoms with Crippen molar-refractivity contribution in [1.82, 2.24) is 9.88 Å². The van der Waals surface area contributed by atoms with Gasteiger partial charge in [0.15, 0.2) is 0 Å². The summed E-state index contributed by atoms with van der Waals surface area (Å²) in [6.45, 7) is 3.16. The summed E-state index contributed by atoms with van der Waals surface area (Å²) in [5.41, 5.74) is 1.44. The Bertz CT molecular complexity index is 917. The number of hydrogen-bond donors (Lipinski definition) is 1. The molecule has 4 rings (SSSR count). The molecule has 1 aliphatic carbocycles. The molecule has 1 saturated carbocycles. The fraction of sp³-hybridized carbons (Fsp3) is 0.615. The summed E-state index contributed by atoms with van der Waals surface area (Å²) < 4.78 is 20.7. The SMILES string of the molecule is COc1ccc2nccc([C@@H](F)CCC3CCN(CC4CCC4)CC3CCC(=O)O)c2c1. The molecular weight excluding hydrogens is 407 g/mol. The third-order valence-electron chi connectivity index (χ3n) is 7.56. The van der Waals surface area contributed by atoms with Gasteiger partial charge in [0.25, 0.3) is 0 Å². The molecule has 2 unspecified atom stereocenters. The molecule has 0 radical (unpaired) electrons. The van der Waals surface area contributed by atoms with Crippen LogP contribution < -0.4 is 4.74 Å². The summed E-state index contributed by atoms with van der Waals surface area (Å²) in [5, 5.41) is 10.0. The van der Waals surface area contributed by atoms with Crippen LogP contribution in [0.2, 0.25) is 0 Å². The van der Waals surface area contributed by atoms with Crippen LogP contribution in [0.3, 0.4) is 0 Å². The van der Waals surface area contributed by atoms with E-state index in [2.05, 4.69) is 9.88 Å². The summed E-state index contributed by atoms with van der Waals surface area (Å²) in [4.78, 5) is 18.1. The molecule has 1 aliphatic heterocycles. The molecular formula is C26H35FN2O3. The molecule has 0 bridgehead atoms. The number of ether oxygens (including phenoxy) is 1. The zero-order chi connectivity index (χ0) is 22.5. The van der Waals surface area contributed by atoms with Gasteiger partial charge in [-0.2, -0.15) is 0 Å². The molecule has 2 aliphatic rings. The van der Waals surface area contributed by atoms with Crippen molar-refractivity contribution in [2.24, 2.45) is 17.8 Å². The van der Waals surface area contributed by atoms with Crippen molar-refractivity contribution in [3.8, 4) is 5.75 Å². The number of aromatic nitrogens is 1. The van der Waals surface area contributed by atoms with E-state index >= 15 is 4.39 Å². The lowest BCUT2D eigenvalue weighted by Crippen LogP contribution is -2.43. The van der Waals surface area contributed by atoms with Gasteiger partial charge in [-0.05, 0) is 92.7 Å². The number of carboxylic acid groups (broad SMARTS) is 1. The molecule has 1 N–H and O–H groups in total. The van der Waals surface area contributed by atoms with Crippen LogP contribution >= 0.6 is 0 Å². The molecule has 0 amide bonds. The highest BCUT2D eigenvalue weighted by molar-refractivity contribution is 5.83. The number of carboxylic acids is 1. The van der Waals surface area contributed by atoms with E-state index in [4.69, 9.17) is 4.74 Å². The summed E-state index contributed by atoms with van der Waals surface area (Å²) in [7, 11) is 1.61. The number of rotatable bonds is 10. The van der Waals surface area contributed by atoms with Gasteiger partial charge in [-0.1, -0.05) is 6.42 Å². The van der Waals surface area contributed by atoms with Gasteiger partial charge in [0.05, 0.1) is 12.6 Å². The third kappa shape index (κ3) is 5.58. The van der Waals surface area contributed by atoms with Crippen molar-refractivity contribution in [2.75, 3.05) is 26.7 Å². The van der Waals surface area contributed by atoms with E-state index in [0.29, 0.717) is 36.0 Å². The van der Waals surface area contributed by atoms with Crippen LogP contribution in [-0.2, 0) is 4.79 Å². The van der Waals surface area contributed by atoms with Crippen molar-refractivity contribution in [3.63, 3.8) is 0 Å². The van der Waals surface area contributed by atoms with E-state index < -0.39 is 12.1 Å². The molecule has 174 valence electrons. The second-order valence-corrected chi connectivity index (χ2v) is 9.63. The molecule has 5 nitrogen and oxygen atoms in total. The van der Waals surface area contributed by atoms with Crippen LogP contribution in [0, 0.1) is 17.8 Å². The van der Waals surface area contributed by atoms with Crippen LogP contribution in [0.5, 0.6) is 5.75 Å². The Morgan fingerprint density at radius 1 is 1.25 bits per heavy atom. The number of aliphatic carboxylic acids is 1. The van der Waals surface area contributed by atoms with Crippen LogP contribution in [0.1, 0.15) is 63.1 Å². The van der Waals surface area contributed by atoms with Crippen molar-refractivity contribution in [1.29, 1.82) is 0 Å². The molecule has 0 spiro atoms. The van der Waals surface area contributed by atoms with Gasteiger partial charge in [0, 0.05) is 31.1 Å². The molecule has 32 heavy (non-hydrogen) atoms. The predicted octanol–water partition coefficient (Wildman–Crippen LogP) is 5.64. The highest BCUT2D eigenvalue weighted by Gasteiger charge is 2.32. The van der Waals surface area contributed by atoms with Gasteiger partial charge < -0.3 is 14.7 Å². The van der Waals surface area contributed by atoms with Crippen molar-refractivity contribution < 1.29 is 19.0 Å². The van der Waals surface area contributed by atoms with E-state index in [-0.39, 0.29) is 6.42 Å². The summed E-state index contributed by atoms with van der Waals surface area (Å²) in [6.07, 6.45) is 7.77. The summed E-state index contributed by atoms with van der Waals surface area (Å²) in [5.74, 6) is 1.50. The van der Waals surface area contributed by atoms with Crippen LogP contribution in [0.25, 0.3) is 10.9 Å². The summed E-state index contributed by atoms with van der Waals surface area (Å²) in [6, 6.07) is 7.34. The van der Waals surface area contributed by atoms with Gasteiger partial charge in [0.2, 0.25) is 0 Å². The molecule has 1 saturated heterocycles. The lowest BCUT2D eigenvalue weighted by atomic mass is 9.78. The molecule has 2 aromatic rings. The first-order valence-corrected chi connectivity index (χ1v) is 12.0. The minimum atomic E-state index is -1.07. The Hall–Kier alpha value is -2.21. The lowest BCUT2D eigenvalue weighted by Gasteiger charge is -2.41. The second-order valence-electron chi connectivity index (χ2n) is 9.63. The van der Waals surface area contributed by atoms with E-state index in [1.54, 1.807) is 19.4 Å². The molecule has 3 atom stereocenters. The number of piperidine rings is 1. The maximum Gasteiger partial charge on any atom is 0.303 e. The Kier molecular flexibility index (Phi) is 7.61. The minimum Gasteiger partial charge on any atom is -0.497 e. The number of alkyl halides is 1. The number of carbonyl (C=O) groups is 1. The highest BCUT2D eigenvalue weighted by atomic mass is 19.1. The Labute approximate surface area is 190 Å². The number of hydrogen-bond acceptors (Lipinski definition) is 4. The number of halogens is 1. The fourth-order valence-corrected chi connectivity index (χ4v) is 5.44. The van der Waals surface area contributed by atoms with Gasteiger partial charge >= 0.3 is 5.97 Å². The predicted molar refractivity (Wildman–Crippen MR) is 124 cm³/mol. The smallest absolute Gasteiger partial charge is 0.303 e. The van der Waals surface area contributed by atoms with Gasteiger partial charge in [-0.3, -0.25) is 9.78 Å². The third-order valence-corrected chi connectivity index (χ3v) is 7.56. The quantitative estimate of drug-likeness (QED) is 0.516. The Morgan fingerprint density at radius 2 is 2.09 bits per heavy atom. The van der Waals surface area contributed by atoms with E-state index in [1.165, 1.54) is 19.3 Å². The topological polar surface area (TPSA) is 62.7 Å². The molecule has 6 heteroatoms. The largest absolute Gasteiger partial charge is 0.497 e. The Morgan fingerprint density at radius 3 is 2.81 bits per heavy atom. The average Bonchev–Trinajstić information content (AvgIpc) is 2.78. The van der Waals surface area contributed by atoms with Crippen molar-refractivity contribution in [2.45, 2.75) is 57.5 Å². The first-order valence-electron chi connectivity index (χ1n) is 12.0. The van der Waals surface area contributed by atoms with Crippen LogP contribution in [-0.4, -0.2) is 47.7 Å². The number of methoxy groups -OCH3 is 1. The minimum absolute atomic E-state index is 0.201. The fourth-order valence-electron chi connectivity index (χ4n) is 5.44. The first-order chi connectivity index (χ1) is 15.5. The zero-order valence-corrected chi connectivity index (χ0v) is 19.0. The molecule has 2 heterocycles. The lowest BCUT2D eigenvalue weighted by molar-refractivity contribution is -0.137. The maximum absolute atomic E-state index is 15.4. The standard InChI is InChI=1S/C26H35FN2O3/c1-32-21-7-9-25-23(15-21)22(11-13-28-25)24(27)8-5-19-12-14-29(16-18-3-2-4-18)17-20(19)6-10-26(30)31/h7,9,11,13,15,18-20,24H,2-6,8,10,12,14,16-17H2,1H3,(H,30,31)/t19?,20?,24-/m0/s1. The van der Waals surface area contributed by atoms with Gasteiger partial charge in [-0.15, -0.1) is 0 Å². The number of pyridine rings is 1. The first kappa shape index (κ1) is 23.0. The van der Waals surface area contributed by atoms with E-state index in [0.717, 1.165) is 49.3 Å². The number of fused-ring (bicyclic) bond motifs is 1.